The zero-order chi connectivity index (χ0) is 16.1. The number of imidazole rings is 1. The van der Waals surface area contributed by atoms with Crippen LogP contribution >= 0.6 is 0 Å². The summed E-state index contributed by atoms with van der Waals surface area (Å²) in [6.07, 6.45) is 8.66. The van der Waals surface area contributed by atoms with Gasteiger partial charge in [0.2, 0.25) is 0 Å². The summed E-state index contributed by atoms with van der Waals surface area (Å²) in [5.74, 6) is 7.18. The van der Waals surface area contributed by atoms with Gasteiger partial charge in [-0.15, -0.1) is 5.92 Å². The molecule has 2 aromatic rings. The van der Waals surface area contributed by atoms with Gasteiger partial charge in [0, 0.05) is 6.42 Å². The molecule has 3 rings (SSSR count). The molecule has 122 valence electrons. The molecular weight excluding hydrogens is 292 g/mol. The highest BCUT2D eigenvalue weighted by atomic mass is 16.5. The van der Waals surface area contributed by atoms with E-state index >= 15 is 0 Å². The van der Waals surface area contributed by atoms with Gasteiger partial charge in [-0.25, -0.2) is 4.98 Å². The smallest absolute Gasteiger partial charge is 0.299 e. The molecule has 2 aromatic heterocycles. The van der Waals surface area contributed by atoms with Crippen LogP contribution in [0.1, 0.15) is 51.3 Å². The molecule has 6 heteroatoms. The number of rotatable bonds is 6. The summed E-state index contributed by atoms with van der Waals surface area (Å²) < 4.78 is 5.30. The molecule has 0 aromatic carbocycles. The van der Waals surface area contributed by atoms with Gasteiger partial charge in [-0.3, -0.25) is 9.78 Å². The van der Waals surface area contributed by atoms with Gasteiger partial charge < -0.3 is 9.72 Å². The number of ether oxygens (including phenoxy) is 1. The van der Waals surface area contributed by atoms with E-state index in [0.29, 0.717) is 11.2 Å². The number of nitrogens with zero attached hydrogens (tertiary/aromatic N) is 2. The number of nitrogens with one attached hydrogen (secondary N) is 2. The molecule has 1 aliphatic rings. The van der Waals surface area contributed by atoms with E-state index in [9.17, 15) is 4.79 Å². The van der Waals surface area contributed by atoms with Crippen molar-refractivity contribution in [1.29, 1.82) is 0 Å². The van der Waals surface area contributed by atoms with Gasteiger partial charge in [-0.1, -0.05) is 38.0 Å². The van der Waals surface area contributed by atoms with Gasteiger partial charge in [0.25, 0.3) is 11.6 Å². The first-order valence-corrected chi connectivity index (χ1v) is 8.27. The van der Waals surface area contributed by atoms with E-state index in [1.54, 1.807) is 6.92 Å². The molecule has 0 saturated heterocycles. The molecule has 0 atom stereocenters. The molecule has 2 N–H and O–H groups in total. The van der Waals surface area contributed by atoms with Crippen LogP contribution in [-0.2, 0) is 6.42 Å². The highest BCUT2D eigenvalue weighted by Gasteiger charge is 2.15. The molecule has 0 unspecified atom stereocenters. The molecule has 2 heterocycles. The zero-order valence-electron chi connectivity index (χ0n) is 13.4. The first kappa shape index (κ1) is 15.6. The lowest BCUT2D eigenvalue weighted by Gasteiger charge is -2.06. The molecule has 0 amide bonds. The lowest BCUT2D eigenvalue weighted by atomic mass is 10.0. The summed E-state index contributed by atoms with van der Waals surface area (Å²) in [6.45, 7) is 1.93. The van der Waals surface area contributed by atoms with Crippen molar-refractivity contribution < 1.29 is 4.74 Å². The molecule has 1 aliphatic carbocycles. The van der Waals surface area contributed by atoms with Crippen molar-refractivity contribution in [2.45, 2.75) is 51.9 Å². The number of aryl methyl sites for hydroxylation is 1. The van der Waals surface area contributed by atoms with Crippen molar-refractivity contribution in [3.63, 3.8) is 0 Å². The minimum atomic E-state index is -0.260. The summed E-state index contributed by atoms with van der Waals surface area (Å²) in [5, 5.41) is 0. The quantitative estimate of drug-likeness (QED) is 0.803. The topological polar surface area (TPSA) is 83.7 Å². The van der Waals surface area contributed by atoms with Crippen molar-refractivity contribution in [2.75, 3.05) is 6.61 Å². The van der Waals surface area contributed by atoms with Gasteiger partial charge in [0.15, 0.2) is 17.8 Å². The van der Waals surface area contributed by atoms with E-state index in [-0.39, 0.29) is 18.2 Å². The second-order valence-corrected chi connectivity index (χ2v) is 6.01. The maximum atomic E-state index is 12.0. The van der Waals surface area contributed by atoms with Crippen LogP contribution in [0.25, 0.3) is 11.2 Å². The molecule has 0 spiro atoms. The standard InChI is InChI=1S/C17H22N4O2/c1-2-3-11-23-17-20-15-14(16(22)21-17)18-13(19-15)10-6-9-12-7-4-5-8-12/h12H,4-11H2,1H3,(H2,18,19,20,21,22). The van der Waals surface area contributed by atoms with Gasteiger partial charge in [-0.05, 0) is 19.3 Å². The summed E-state index contributed by atoms with van der Waals surface area (Å²) >= 11 is 0. The summed E-state index contributed by atoms with van der Waals surface area (Å²) in [6, 6.07) is 0.161. The number of aromatic amines is 2. The maximum Gasteiger partial charge on any atom is 0.299 e. The SMILES string of the molecule is CC#CCOc1nc2nc(CCCC3CCCC3)[nH]c2c(=O)[nH]1. The maximum absolute atomic E-state index is 12.0. The van der Waals surface area contributed by atoms with Crippen LogP contribution in [0.5, 0.6) is 6.01 Å². The Hall–Kier alpha value is -2.29. The fourth-order valence-corrected chi connectivity index (χ4v) is 3.16. The average Bonchev–Trinajstić information content (AvgIpc) is 3.17. The average molecular weight is 314 g/mol. The molecule has 0 radical (unpaired) electrons. The van der Waals surface area contributed by atoms with Gasteiger partial charge in [0.1, 0.15) is 5.82 Å². The highest BCUT2D eigenvalue weighted by molar-refractivity contribution is 5.69. The third-order valence-corrected chi connectivity index (χ3v) is 4.35. The fourth-order valence-electron chi connectivity index (χ4n) is 3.16. The molecule has 23 heavy (non-hydrogen) atoms. The fraction of sp³-hybridized carbons (Fsp3) is 0.588. The predicted molar refractivity (Wildman–Crippen MR) is 88.4 cm³/mol. The van der Waals surface area contributed by atoms with Crippen LogP contribution in [0.15, 0.2) is 4.79 Å². The van der Waals surface area contributed by atoms with Crippen LogP contribution in [0.4, 0.5) is 0 Å². The molecule has 1 fully saturated rings. The second-order valence-electron chi connectivity index (χ2n) is 6.01. The van der Waals surface area contributed by atoms with E-state index in [1.807, 2.05) is 0 Å². The lowest BCUT2D eigenvalue weighted by Crippen LogP contribution is -2.11. The molecular formula is C17H22N4O2. The number of aromatic nitrogens is 4. The Labute approximate surface area is 135 Å². The minimum absolute atomic E-state index is 0.161. The second kappa shape index (κ2) is 7.32. The summed E-state index contributed by atoms with van der Waals surface area (Å²) in [4.78, 5) is 26.4. The summed E-state index contributed by atoms with van der Waals surface area (Å²) in [5.41, 5.74) is 0.558. The first-order valence-electron chi connectivity index (χ1n) is 8.27. The van der Waals surface area contributed by atoms with Crippen molar-refractivity contribution in [3.05, 3.63) is 16.2 Å². The summed E-state index contributed by atoms with van der Waals surface area (Å²) in [7, 11) is 0. The lowest BCUT2D eigenvalue weighted by molar-refractivity contribution is 0.340. The molecule has 1 saturated carbocycles. The first-order chi connectivity index (χ1) is 11.3. The van der Waals surface area contributed by atoms with Crippen LogP contribution < -0.4 is 10.3 Å². The largest absolute Gasteiger partial charge is 0.452 e. The van der Waals surface area contributed by atoms with Crippen LogP contribution in [-0.4, -0.2) is 26.5 Å². The van der Waals surface area contributed by atoms with Crippen LogP contribution in [0, 0.1) is 17.8 Å². The van der Waals surface area contributed by atoms with E-state index in [0.717, 1.165) is 24.6 Å². The Balaban J connectivity index is 1.66. The van der Waals surface area contributed by atoms with E-state index in [2.05, 4.69) is 31.8 Å². The number of hydrogen-bond donors (Lipinski definition) is 2. The zero-order valence-corrected chi connectivity index (χ0v) is 13.4. The van der Waals surface area contributed by atoms with E-state index in [1.165, 1.54) is 32.1 Å². The molecule has 0 aliphatic heterocycles. The molecule has 0 bridgehead atoms. The van der Waals surface area contributed by atoms with Crippen molar-refractivity contribution >= 4 is 11.2 Å². The highest BCUT2D eigenvalue weighted by Crippen LogP contribution is 2.28. The van der Waals surface area contributed by atoms with E-state index in [4.69, 9.17) is 4.74 Å². The molecule has 6 nitrogen and oxygen atoms in total. The Bertz CT molecular complexity index is 775. The van der Waals surface area contributed by atoms with Crippen molar-refractivity contribution in [1.82, 2.24) is 19.9 Å². The van der Waals surface area contributed by atoms with Gasteiger partial charge in [0.05, 0.1) is 0 Å². The Morgan fingerprint density at radius 3 is 2.87 bits per heavy atom. The van der Waals surface area contributed by atoms with Crippen LogP contribution in [0.3, 0.4) is 0 Å². The van der Waals surface area contributed by atoms with Crippen molar-refractivity contribution in [3.8, 4) is 17.9 Å². The van der Waals surface area contributed by atoms with Crippen molar-refractivity contribution in [2.24, 2.45) is 5.92 Å². The Kier molecular flexibility index (Phi) is 4.96. The number of fused-ring (bicyclic) bond motifs is 1. The predicted octanol–water partition coefficient (Wildman–Crippen LogP) is 2.56. The van der Waals surface area contributed by atoms with Gasteiger partial charge in [-0.2, -0.15) is 4.98 Å². The minimum Gasteiger partial charge on any atom is -0.452 e. The Morgan fingerprint density at radius 1 is 1.26 bits per heavy atom. The van der Waals surface area contributed by atoms with E-state index < -0.39 is 0 Å². The normalized spacial score (nSPS) is 14.8. The van der Waals surface area contributed by atoms with Crippen LogP contribution in [0.2, 0.25) is 0 Å². The monoisotopic (exact) mass is 314 g/mol. The Morgan fingerprint density at radius 2 is 2.09 bits per heavy atom. The third-order valence-electron chi connectivity index (χ3n) is 4.35. The third kappa shape index (κ3) is 3.92. The van der Waals surface area contributed by atoms with Gasteiger partial charge >= 0.3 is 0 Å². The number of hydrogen-bond acceptors (Lipinski definition) is 4. The number of H-pyrrole nitrogens is 2.